The van der Waals surface area contributed by atoms with Crippen LogP contribution in [-0.4, -0.2) is 37.1 Å². The first-order valence-electron chi connectivity index (χ1n) is 5.52. The van der Waals surface area contributed by atoms with Crippen LogP contribution in [0.2, 0.25) is 5.02 Å². The molecule has 1 aliphatic rings. The van der Waals surface area contributed by atoms with E-state index in [9.17, 15) is 9.59 Å². The molecule has 6 heteroatoms. The zero-order chi connectivity index (χ0) is 13.3. The van der Waals surface area contributed by atoms with Crippen LogP contribution in [0.25, 0.3) is 0 Å². The van der Waals surface area contributed by atoms with Crippen molar-refractivity contribution >= 4 is 34.9 Å². The zero-order valence-corrected chi connectivity index (χ0v) is 10.6. The third-order valence-corrected chi connectivity index (χ3v) is 3.17. The predicted molar refractivity (Wildman–Crippen MR) is 69.3 cm³/mol. The lowest BCUT2D eigenvalue weighted by atomic mass is 10.2. The number of nitrogens with zero attached hydrogens (tertiary/aromatic N) is 2. The minimum Gasteiger partial charge on any atom is -0.480 e. The second-order valence-electron chi connectivity index (χ2n) is 4.15. The maximum absolute atomic E-state index is 11.8. The van der Waals surface area contributed by atoms with Crippen molar-refractivity contribution < 1.29 is 14.7 Å². The second-order valence-corrected chi connectivity index (χ2v) is 4.59. The van der Waals surface area contributed by atoms with Crippen LogP contribution in [0.15, 0.2) is 18.2 Å². The fourth-order valence-electron chi connectivity index (χ4n) is 2.01. The van der Waals surface area contributed by atoms with Crippen LogP contribution >= 0.6 is 11.6 Å². The molecule has 0 aromatic heterocycles. The summed E-state index contributed by atoms with van der Waals surface area (Å²) >= 11 is 5.94. The Balaban J connectivity index is 2.47. The van der Waals surface area contributed by atoms with Crippen LogP contribution in [0.4, 0.5) is 11.4 Å². The lowest BCUT2D eigenvalue weighted by Gasteiger charge is -2.23. The molecule has 2 rings (SSSR count). The molecular formula is C12H13ClN2O3. The van der Waals surface area contributed by atoms with Gasteiger partial charge < -0.3 is 14.9 Å². The van der Waals surface area contributed by atoms with Gasteiger partial charge in [-0.3, -0.25) is 9.59 Å². The Morgan fingerprint density at radius 3 is 2.83 bits per heavy atom. The minimum absolute atomic E-state index is 0.0357. The number of hydrogen-bond acceptors (Lipinski definition) is 3. The van der Waals surface area contributed by atoms with Gasteiger partial charge in [-0.2, -0.15) is 0 Å². The molecule has 0 atom stereocenters. The van der Waals surface area contributed by atoms with Gasteiger partial charge in [0.05, 0.1) is 11.4 Å². The highest BCUT2D eigenvalue weighted by Crippen LogP contribution is 2.34. The first-order chi connectivity index (χ1) is 8.49. The van der Waals surface area contributed by atoms with Gasteiger partial charge in [0.2, 0.25) is 5.91 Å². The Labute approximate surface area is 110 Å². The van der Waals surface area contributed by atoms with E-state index < -0.39 is 5.97 Å². The second kappa shape index (κ2) is 4.86. The smallest absolute Gasteiger partial charge is 0.323 e. The van der Waals surface area contributed by atoms with Crippen molar-refractivity contribution in [2.45, 2.75) is 6.42 Å². The van der Waals surface area contributed by atoms with E-state index in [0.717, 1.165) is 0 Å². The number of rotatable bonds is 2. The predicted octanol–water partition coefficient (Wildman–Crippen LogP) is 1.60. The standard InChI is InChI=1S/C12H13ClN2O3/c1-14-9-3-2-8(13)6-10(9)15(7-12(17)18)5-4-11(14)16/h2-3,6H,4-5,7H2,1H3,(H,17,18). The first-order valence-corrected chi connectivity index (χ1v) is 5.89. The van der Waals surface area contributed by atoms with Crippen molar-refractivity contribution in [2.75, 3.05) is 29.9 Å². The van der Waals surface area contributed by atoms with Gasteiger partial charge in [-0.25, -0.2) is 0 Å². The number of amides is 1. The van der Waals surface area contributed by atoms with Crippen molar-refractivity contribution in [1.29, 1.82) is 0 Å². The number of benzene rings is 1. The van der Waals surface area contributed by atoms with Gasteiger partial charge in [-0.05, 0) is 18.2 Å². The maximum atomic E-state index is 11.8. The molecule has 0 radical (unpaired) electrons. The van der Waals surface area contributed by atoms with Crippen LogP contribution in [-0.2, 0) is 9.59 Å². The lowest BCUT2D eigenvalue weighted by Crippen LogP contribution is -2.30. The van der Waals surface area contributed by atoms with Crippen molar-refractivity contribution in [3.8, 4) is 0 Å². The van der Waals surface area contributed by atoms with E-state index in [1.807, 2.05) is 0 Å². The van der Waals surface area contributed by atoms with Crippen molar-refractivity contribution in [3.63, 3.8) is 0 Å². The number of carbonyl (C=O) groups is 2. The number of carbonyl (C=O) groups excluding carboxylic acids is 1. The van der Waals surface area contributed by atoms with Gasteiger partial charge in [0, 0.05) is 25.0 Å². The average molecular weight is 269 g/mol. The molecule has 1 heterocycles. The number of carboxylic acid groups (broad SMARTS) is 1. The number of carboxylic acids is 1. The highest BCUT2D eigenvalue weighted by Gasteiger charge is 2.24. The van der Waals surface area contributed by atoms with E-state index in [1.54, 1.807) is 30.1 Å². The molecule has 1 aromatic carbocycles. The highest BCUT2D eigenvalue weighted by atomic mass is 35.5. The Morgan fingerprint density at radius 2 is 2.17 bits per heavy atom. The molecule has 1 N–H and O–H groups in total. The summed E-state index contributed by atoms with van der Waals surface area (Å²) in [6, 6.07) is 5.11. The van der Waals surface area contributed by atoms with Gasteiger partial charge in [0.15, 0.2) is 0 Å². The molecule has 0 fully saturated rings. The van der Waals surface area contributed by atoms with Crippen LogP contribution in [0.1, 0.15) is 6.42 Å². The largest absolute Gasteiger partial charge is 0.480 e. The molecule has 0 bridgehead atoms. The third-order valence-electron chi connectivity index (χ3n) is 2.94. The topological polar surface area (TPSA) is 60.9 Å². The number of halogens is 1. The average Bonchev–Trinajstić information content (AvgIpc) is 2.41. The third kappa shape index (κ3) is 2.41. The molecular weight excluding hydrogens is 256 g/mol. The van der Waals surface area contributed by atoms with E-state index in [4.69, 9.17) is 16.7 Å². The summed E-state index contributed by atoms with van der Waals surface area (Å²) < 4.78 is 0. The summed E-state index contributed by atoms with van der Waals surface area (Å²) in [6.07, 6.45) is 0.288. The summed E-state index contributed by atoms with van der Waals surface area (Å²) in [6.45, 7) is 0.233. The lowest BCUT2D eigenvalue weighted by molar-refractivity contribution is -0.135. The summed E-state index contributed by atoms with van der Waals surface area (Å²) in [5.41, 5.74) is 1.36. The van der Waals surface area contributed by atoms with Crippen molar-refractivity contribution in [2.24, 2.45) is 0 Å². The van der Waals surface area contributed by atoms with Gasteiger partial charge >= 0.3 is 5.97 Å². The SMILES string of the molecule is CN1C(=O)CCN(CC(=O)O)c2cc(Cl)ccc21. The Bertz CT molecular complexity index is 504. The van der Waals surface area contributed by atoms with E-state index >= 15 is 0 Å². The normalized spacial score (nSPS) is 15.3. The zero-order valence-electron chi connectivity index (χ0n) is 9.89. The fraction of sp³-hybridized carbons (Fsp3) is 0.333. The van der Waals surface area contributed by atoms with Crippen molar-refractivity contribution in [3.05, 3.63) is 23.2 Å². The highest BCUT2D eigenvalue weighted by molar-refractivity contribution is 6.31. The van der Waals surface area contributed by atoms with Gasteiger partial charge in [0.25, 0.3) is 0 Å². The Kier molecular flexibility index (Phi) is 3.43. The maximum Gasteiger partial charge on any atom is 0.323 e. The van der Waals surface area contributed by atoms with E-state index in [0.29, 0.717) is 22.9 Å². The van der Waals surface area contributed by atoms with Crippen LogP contribution in [0, 0.1) is 0 Å². The van der Waals surface area contributed by atoms with E-state index in [2.05, 4.69) is 0 Å². The molecule has 1 aliphatic heterocycles. The Hall–Kier alpha value is -1.75. The molecule has 1 aromatic rings. The van der Waals surface area contributed by atoms with Crippen LogP contribution in [0.5, 0.6) is 0 Å². The fourth-order valence-corrected chi connectivity index (χ4v) is 2.18. The number of aliphatic carboxylic acids is 1. The molecule has 0 saturated carbocycles. The summed E-state index contributed by atoms with van der Waals surface area (Å²) in [7, 11) is 1.68. The minimum atomic E-state index is -0.932. The molecule has 5 nitrogen and oxygen atoms in total. The van der Waals surface area contributed by atoms with Gasteiger partial charge in [-0.15, -0.1) is 0 Å². The summed E-state index contributed by atoms with van der Waals surface area (Å²) in [5.74, 6) is -0.968. The monoisotopic (exact) mass is 268 g/mol. The molecule has 1 amide bonds. The number of anilines is 2. The van der Waals surface area contributed by atoms with E-state index in [1.165, 1.54) is 4.90 Å². The quantitative estimate of drug-likeness (QED) is 0.885. The van der Waals surface area contributed by atoms with Crippen LogP contribution < -0.4 is 9.80 Å². The number of fused-ring (bicyclic) bond motifs is 1. The molecule has 0 unspecified atom stereocenters. The van der Waals surface area contributed by atoms with Crippen LogP contribution in [0.3, 0.4) is 0 Å². The summed E-state index contributed by atoms with van der Waals surface area (Å²) in [5, 5.41) is 9.43. The molecule has 0 aliphatic carbocycles. The number of hydrogen-bond donors (Lipinski definition) is 1. The molecule has 96 valence electrons. The van der Waals surface area contributed by atoms with Gasteiger partial charge in [-0.1, -0.05) is 11.6 Å². The molecule has 0 spiro atoms. The first kappa shape index (κ1) is 12.7. The molecule has 18 heavy (non-hydrogen) atoms. The summed E-state index contributed by atoms with van der Waals surface area (Å²) in [4.78, 5) is 25.9. The van der Waals surface area contributed by atoms with E-state index in [-0.39, 0.29) is 18.9 Å². The molecule has 0 saturated heterocycles. The van der Waals surface area contributed by atoms with Crippen molar-refractivity contribution in [1.82, 2.24) is 0 Å². The Morgan fingerprint density at radius 1 is 1.44 bits per heavy atom. The van der Waals surface area contributed by atoms with Gasteiger partial charge in [0.1, 0.15) is 6.54 Å².